The SMILES string of the molecule is Cc1ccc(C(=O)CCC(=O)Nc2ccc(C)c(S(=O)(=O)Nc3ccccc3F)c2)cc1C. The van der Waals surface area contributed by atoms with Gasteiger partial charge in [-0.2, -0.15) is 0 Å². The third kappa shape index (κ3) is 6.04. The smallest absolute Gasteiger partial charge is 0.262 e. The molecular weight excluding hydrogens is 443 g/mol. The molecule has 1 amide bonds. The first-order valence-corrected chi connectivity index (χ1v) is 11.8. The van der Waals surface area contributed by atoms with Gasteiger partial charge in [0.2, 0.25) is 5.91 Å². The van der Waals surface area contributed by atoms with Gasteiger partial charge in [0.25, 0.3) is 10.0 Å². The molecule has 2 N–H and O–H groups in total. The highest BCUT2D eigenvalue weighted by atomic mass is 32.2. The van der Waals surface area contributed by atoms with Crippen molar-refractivity contribution in [3.63, 3.8) is 0 Å². The number of ketones is 1. The standard InChI is InChI=1S/C25H25FN2O4S/c1-16-8-10-19(14-18(16)3)23(29)12-13-25(30)27-20-11-9-17(2)24(15-20)33(31,32)28-22-7-5-4-6-21(22)26/h4-11,14-15,28H,12-13H2,1-3H3,(H,27,30). The Morgan fingerprint density at radius 3 is 2.24 bits per heavy atom. The average Bonchev–Trinajstić information content (AvgIpc) is 2.76. The molecule has 0 saturated heterocycles. The Balaban J connectivity index is 1.68. The second-order valence-electron chi connectivity index (χ2n) is 7.84. The van der Waals surface area contributed by atoms with Gasteiger partial charge in [0.15, 0.2) is 5.78 Å². The molecule has 172 valence electrons. The van der Waals surface area contributed by atoms with E-state index in [1.165, 1.54) is 24.3 Å². The van der Waals surface area contributed by atoms with Crippen molar-refractivity contribution in [1.29, 1.82) is 0 Å². The van der Waals surface area contributed by atoms with Crippen molar-refractivity contribution in [2.45, 2.75) is 38.5 Å². The molecule has 0 spiro atoms. The summed E-state index contributed by atoms with van der Waals surface area (Å²) in [5.74, 6) is -1.26. The van der Waals surface area contributed by atoms with Gasteiger partial charge in [-0.25, -0.2) is 12.8 Å². The molecular formula is C25H25FN2O4S. The summed E-state index contributed by atoms with van der Waals surface area (Å²) in [5, 5.41) is 2.63. The second kappa shape index (κ2) is 9.95. The molecule has 0 heterocycles. The van der Waals surface area contributed by atoms with Crippen LogP contribution in [0.5, 0.6) is 0 Å². The molecule has 0 saturated carbocycles. The number of hydrogen-bond acceptors (Lipinski definition) is 4. The summed E-state index contributed by atoms with van der Waals surface area (Å²) in [5.41, 5.74) is 3.16. The monoisotopic (exact) mass is 468 g/mol. The largest absolute Gasteiger partial charge is 0.326 e. The van der Waals surface area contributed by atoms with E-state index in [1.807, 2.05) is 19.9 Å². The molecule has 0 unspecified atom stereocenters. The van der Waals surface area contributed by atoms with E-state index in [4.69, 9.17) is 0 Å². The van der Waals surface area contributed by atoms with Crippen LogP contribution < -0.4 is 10.0 Å². The number of sulfonamides is 1. The van der Waals surface area contributed by atoms with Crippen molar-refractivity contribution in [2.24, 2.45) is 0 Å². The van der Waals surface area contributed by atoms with Crippen LogP contribution in [-0.4, -0.2) is 20.1 Å². The van der Waals surface area contributed by atoms with Crippen LogP contribution in [0.2, 0.25) is 0 Å². The topological polar surface area (TPSA) is 92.3 Å². The van der Waals surface area contributed by atoms with E-state index in [0.717, 1.165) is 17.2 Å². The highest BCUT2D eigenvalue weighted by molar-refractivity contribution is 7.92. The number of aryl methyl sites for hydroxylation is 3. The molecule has 0 aliphatic rings. The number of anilines is 2. The lowest BCUT2D eigenvalue weighted by Crippen LogP contribution is -2.17. The summed E-state index contributed by atoms with van der Waals surface area (Å²) in [6, 6.07) is 15.3. The molecule has 0 atom stereocenters. The van der Waals surface area contributed by atoms with E-state index in [2.05, 4.69) is 10.0 Å². The Bertz CT molecular complexity index is 1320. The second-order valence-corrected chi connectivity index (χ2v) is 9.49. The Labute approximate surface area is 192 Å². The van der Waals surface area contributed by atoms with Crippen LogP contribution in [0.3, 0.4) is 0 Å². The number of rotatable bonds is 8. The van der Waals surface area contributed by atoms with E-state index >= 15 is 0 Å². The van der Waals surface area contributed by atoms with Crippen LogP contribution in [0, 0.1) is 26.6 Å². The third-order valence-corrected chi connectivity index (χ3v) is 6.80. The zero-order valence-electron chi connectivity index (χ0n) is 18.6. The van der Waals surface area contributed by atoms with Crippen LogP contribution in [0.15, 0.2) is 65.6 Å². The first kappa shape index (κ1) is 24.1. The Hall–Kier alpha value is -3.52. The molecule has 3 aromatic rings. The molecule has 0 aliphatic heterocycles. The normalized spacial score (nSPS) is 11.2. The number of Topliss-reactive ketones (excluding diaryl/α,β-unsaturated/α-hetero) is 1. The maximum absolute atomic E-state index is 13.9. The number of amides is 1. The van der Waals surface area contributed by atoms with Crippen LogP contribution in [-0.2, 0) is 14.8 Å². The van der Waals surface area contributed by atoms with Gasteiger partial charge in [-0.1, -0.05) is 30.3 Å². The van der Waals surface area contributed by atoms with Crippen molar-refractivity contribution in [2.75, 3.05) is 10.0 Å². The number of para-hydroxylation sites is 1. The fourth-order valence-corrected chi connectivity index (χ4v) is 4.56. The summed E-state index contributed by atoms with van der Waals surface area (Å²) in [7, 11) is -4.09. The van der Waals surface area contributed by atoms with Crippen molar-refractivity contribution in [3.05, 3.63) is 88.7 Å². The van der Waals surface area contributed by atoms with Gasteiger partial charge in [-0.3, -0.25) is 14.3 Å². The number of halogens is 1. The quantitative estimate of drug-likeness (QED) is 0.447. The summed E-state index contributed by atoms with van der Waals surface area (Å²) in [4.78, 5) is 24.7. The van der Waals surface area contributed by atoms with Gasteiger partial charge < -0.3 is 5.32 Å². The van der Waals surface area contributed by atoms with E-state index < -0.39 is 21.7 Å². The van der Waals surface area contributed by atoms with Gasteiger partial charge in [0, 0.05) is 24.1 Å². The highest BCUT2D eigenvalue weighted by Gasteiger charge is 2.20. The Morgan fingerprint density at radius 1 is 0.848 bits per heavy atom. The van der Waals surface area contributed by atoms with Crippen LogP contribution in [0.25, 0.3) is 0 Å². The van der Waals surface area contributed by atoms with Gasteiger partial charge in [-0.05, 0) is 67.8 Å². The third-order valence-electron chi connectivity index (χ3n) is 5.29. The summed E-state index contributed by atoms with van der Waals surface area (Å²) < 4.78 is 41.7. The Morgan fingerprint density at radius 2 is 1.55 bits per heavy atom. The zero-order chi connectivity index (χ0) is 24.2. The Kier molecular flexibility index (Phi) is 7.28. The van der Waals surface area contributed by atoms with E-state index in [1.54, 1.807) is 31.2 Å². The maximum Gasteiger partial charge on any atom is 0.262 e. The molecule has 0 fully saturated rings. The lowest BCUT2D eigenvalue weighted by Gasteiger charge is -2.13. The maximum atomic E-state index is 13.9. The molecule has 0 radical (unpaired) electrons. The first-order valence-electron chi connectivity index (χ1n) is 10.3. The lowest BCUT2D eigenvalue weighted by molar-refractivity contribution is -0.116. The van der Waals surface area contributed by atoms with Gasteiger partial charge in [-0.15, -0.1) is 0 Å². The zero-order valence-corrected chi connectivity index (χ0v) is 19.4. The van der Waals surface area contributed by atoms with Gasteiger partial charge in [0.1, 0.15) is 5.82 Å². The van der Waals surface area contributed by atoms with E-state index in [9.17, 15) is 22.4 Å². The molecule has 3 rings (SSSR count). The predicted octanol–water partition coefficient (Wildman–Crippen LogP) is 5.15. The number of benzene rings is 3. The minimum Gasteiger partial charge on any atom is -0.326 e. The number of nitrogens with one attached hydrogen (secondary N) is 2. The van der Waals surface area contributed by atoms with Crippen molar-refractivity contribution < 1.29 is 22.4 Å². The predicted molar refractivity (Wildman–Crippen MR) is 126 cm³/mol. The van der Waals surface area contributed by atoms with E-state index in [0.29, 0.717) is 11.1 Å². The average molecular weight is 469 g/mol. The molecule has 33 heavy (non-hydrogen) atoms. The summed E-state index contributed by atoms with van der Waals surface area (Å²) in [6.45, 7) is 5.48. The minimum absolute atomic E-state index is 0.0280. The van der Waals surface area contributed by atoms with Gasteiger partial charge >= 0.3 is 0 Å². The van der Waals surface area contributed by atoms with Crippen molar-refractivity contribution in [3.8, 4) is 0 Å². The molecule has 3 aromatic carbocycles. The fourth-order valence-electron chi connectivity index (χ4n) is 3.22. The summed E-state index contributed by atoms with van der Waals surface area (Å²) >= 11 is 0. The summed E-state index contributed by atoms with van der Waals surface area (Å²) in [6.07, 6.45) is -0.0185. The van der Waals surface area contributed by atoms with Crippen LogP contribution in [0.4, 0.5) is 15.8 Å². The lowest BCUT2D eigenvalue weighted by atomic mass is 10.0. The van der Waals surface area contributed by atoms with Gasteiger partial charge in [0.05, 0.1) is 10.6 Å². The van der Waals surface area contributed by atoms with Crippen molar-refractivity contribution in [1.82, 2.24) is 0 Å². The molecule has 0 aromatic heterocycles. The molecule has 6 nitrogen and oxygen atoms in total. The van der Waals surface area contributed by atoms with Crippen LogP contribution in [0.1, 0.15) is 39.9 Å². The fraction of sp³-hybridized carbons (Fsp3) is 0.200. The molecule has 8 heteroatoms. The van der Waals surface area contributed by atoms with E-state index in [-0.39, 0.29) is 34.9 Å². The number of carbonyl (C=O) groups excluding carboxylic acids is 2. The first-order chi connectivity index (χ1) is 15.6. The van der Waals surface area contributed by atoms with Crippen LogP contribution >= 0.6 is 0 Å². The highest BCUT2D eigenvalue weighted by Crippen LogP contribution is 2.24. The molecule has 0 aliphatic carbocycles. The number of carbonyl (C=O) groups is 2. The number of hydrogen-bond donors (Lipinski definition) is 2. The molecule has 0 bridgehead atoms. The van der Waals surface area contributed by atoms with Crippen molar-refractivity contribution >= 4 is 33.1 Å². The minimum atomic E-state index is -4.09.